The van der Waals surface area contributed by atoms with E-state index in [-0.39, 0.29) is 5.97 Å². The number of nitrogens with one attached hydrogen (secondary N) is 1. The van der Waals surface area contributed by atoms with Gasteiger partial charge in [0.15, 0.2) is 0 Å². The summed E-state index contributed by atoms with van der Waals surface area (Å²) >= 11 is 0. The number of carbonyl (C=O) groups is 1. The molecule has 2 fully saturated rings. The van der Waals surface area contributed by atoms with Crippen molar-refractivity contribution in [2.75, 3.05) is 41.0 Å². The molecule has 1 heterocycles. The molecule has 1 saturated heterocycles. The van der Waals surface area contributed by atoms with Crippen LogP contribution in [0.5, 0.6) is 0 Å². The van der Waals surface area contributed by atoms with Gasteiger partial charge in [-0.1, -0.05) is 6.42 Å². The van der Waals surface area contributed by atoms with Crippen LogP contribution < -0.4 is 5.32 Å². The van der Waals surface area contributed by atoms with Gasteiger partial charge in [0, 0.05) is 12.6 Å². The Morgan fingerprint density at radius 1 is 1.50 bits per heavy atom. The van der Waals surface area contributed by atoms with Crippen LogP contribution in [0.25, 0.3) is 0 Å². The van der Waals surface area contributed by atoms with Gasteiger partial charge in [0.1, 0.15) is 5.54 Å². The molecule has 1 N–H and O–H groups in total. The van der Waals surface area contributed by atoms with Crippen molar-refractivity contribution < 1.29 is 14.3 Å². The van der Waals surface area contributed by atoms with E-state index in [0.717, 1.165) is 51.9 Å². The average molecular weight is 284 g/mol. The first-order valence-corrected chi connectivity index (χ1v) is 7.69. The molecule has 2 aliphatic rings. The number of likely N-dealkylation sites (N-methyl/N-ethyl adjacent to an activating group) is 2. The van der Waals surface area contributed by atoms with Gasteiger partial charge in [-0.15, -0.1) is 0 Å². The summed E-state index contributed by atoms with van der Waals surface area (Å²) < 4.78 is 10.5. The van der Waals surface area contributed by atoms with Gasteiger partial charge in [-0.25, -0.2) is 0 Å². The van der Waals surface area contributed by atoms with Crippen LogP contribution in [0.15, 0.2) is 0 Å². The highest BCUT2D eigenvalue weighted by atomic mass is 16.5. The highest BCUT2D eigenvalue weighted by Gasteiger charge is 2.48. The van der Waals surface area contributed by atoms with Crippen LogP contribution in [0, 0.1) is 5.92 Å². The Morgan fingerprint density at radius 3 is 2.90 bits per heavy atom. The number of rotatable bonds is 6. The molecule has 1 saturated carbocycles. The molecule has 2 rings (SSSR count). The zero-order valence-corrected chi connectivity index (χ0v) is 13.0. The van der Waals surface area contributed by atoms with E-state index in [4.69, 9.17) is 9.47 Å². The molecule has 5 heteroatoms. The molecule has 0 aromatic heterocycles. The third-order valence-corrected chi connectivity index (χ3v) is 5.18. The summed E-state index contributed by atoms with van der Waals surface area (Å²) in [4.78, 5) is 14.5. The lowest BCUT2D eigenvalue weighted by molar-refractivity contribution is -0.150. The molecule has 0 amide bonds. The first kappa shape index (κ1) is 15.7. The molecule has 3 unspecified atom stereocenters. The monoisotopic (exact) mass is 284 g/mol. The van der Waals surface area contributed by atoms with Crippen molar-refractivity contribution in [2.24, 2.45) is 5.92 Å². The Labute approximate surface area is 122 Å². The van der Waals surface area contributed by atoms with Gasteiger partial charge in [0.05, 0.1) is 13.7 Å². The minimum Gasteiger partial charge on any atom is -0.468 e. The zero-order valence-electron chi connectivity index (χ0n) is 13.0. The van der Waals surface area contributed by atoms with Crippen molar-refractivity contribution in [1.82, 2.24) is 10.2 Å². The van der Waals surface area contributed by atoms with E-state index in [0.29, 0.717) is 12.0 Å². The molecule has 0 radical (unpaired) electrons. The third-order valence-electron chi connectivity index (χ3n) is 5.18. The largest absolute Gasteiger partial charge is 0.468 e. The topological polar surface area (TPSA) is 50.8 Å². The average Bonchev–Trinajstić information content (AvgIpc) is 3.13. The summed E-state index contributed by atoms with van der Waals surface area (Å²) in [6, 6.07) is 0.540. The molecule has 0 aromatic rings. The van der Waals surface area contributed by atoms with Crippen LogP contribution in [-0.2, 0) is 14.3 Å². The Balaban J connectivity index is 1.91. The Hall–Kier alpha value is -0.650. The van der Waals surface area contributed by atoms with Crippen LogP contribution in [0.4, 0.5) is 0 Å². The molecule has 116 valence electrons. The fraction of sp³-hybridized carbons (Fsp3) is 0.933. The molecule has 0 aromatic carbocycles. The van der Waals surface area contributed by atoms with Crippen molar-refractivity contribution >= 4 is 5.97 Å². The van der Waals surface area contributed by atoms with Crippen molar-refractivity contribution in [3.63, 3.8) is 0 Å². The van der Waals surface area contributed by atoms with E-state index in [9.17, 15) is 4.79 Å². The second-order valence-electron chi connectivity index (χ2n) is 6.09. The number of ether oxygens (including phenoxy) is 2. The lowest BCUT2D eigenvalue weighted by atomic mass is 9.84. The summed E-state index contributed by atoms with van der Waals surface area (Å²) in [5.41, 5.74) is -0.470. The molecule has 3 atom stereocenters. The zero-order chi connectivity index (χ0) is 14.6. The number of hydrogen-bond acceptors (Lipinski definition) is 5. The highest BCUT2D eigenvalue weighted by molar-refractivity contribution is 5.81. The molecule has 1 aliphatic carbocycles. The minimum absolute atomic E-state index is 0.102. The van der Waals surface area contributed by atoms with Gasteiger partial charge in [-0.05, 0) is 52.2 Å². The first-order chi connectivity index (χ1) is 9.64. The summed E-state index contributed by atoms with van der Waals surface area (Å²) in [6.45, 7) is 2.73. The standard InChI is InChI=1S/C15H28N2O3/c1-16-15(14(18)19-3)8-4-5-12(15)6-9-17(2)13-7-10-20-11-13/h12-13,16H,4-11H2,1-3H3. The van der Waals surface area contributed by atoms with Gasteiger partial charge >= 0.3 is 5.97 Å². The van der Waals surface area contributed by atoms with E-state index in [1.807, 2.05) is 7.05 Å². The lowest BCUT2D eigenvalue weighted by Gasteiger charge is -2.34. The van der Waals surface area contributed by atoms with E-state index in [2.05, 4.69) is 17.3 Å². The Bertz CT molecular complexity index is 331. The Morgan fingerprint density at radius 2 is 2.30 bits per heavy atom. The highest BCUT2D eigenvalue weighted by Crippen LogP contribution is 2.38. The number of nitrogens with zero attached hydrogens (tertiary/aromatic N) is 1. The first-order valence-electron chi connectivity index (χ1n) is 7.69. The fourth-order valence-electron chi connectivity index (χ4n) is 3.76. The van der Waals surface area contributed by atoms with E-state index in [1.54, 1.807) is 0 Å². The maximum Gasteiger partial charge on any atom is 0.326 e. The second-order valence-corrected chi connectivity index (χ2v) is 6.09. The van der Waals surface area contributed by atoms with Crippen LogP contribution >= 0.6 is 0 Å². The Kier molecular flexibility index (Phi) is 5.41. The fourth-order valence-corrected chi connectivity index (χ4v) is 3.76. The summed E-state index contributed by atoms with van der Waals surface area (Å²) in [6.07, 6.45) is 5.23. The molecule has 0 bridgehead atoms. The number of esters is 1. The van der Waals surface area contributed by atoms with Crippen molar-refractivity contribution in [1.29, 1.82) is 0 Å². The van der Waals surface area contributed by atoms with Crippen molar-refractivity contribution in [2.45, 2.75) is 43.7 Å². The number of methoxy groups -OCH3 is 1. The summed E-state index contributed by atoms with van der Waals surface area (Å²) in [5, 5.41) is 3.25. The maximum atomic E-state index is 12.2. The smallest absolute Gasteiger partial charge is 0.326 e. The predicted octanol–water partition coefficient (Wildman–Crippen LogP) is 1.03. The molecule has 0 spiro atoms. The normalized spacial score (nSPS) is 33.8. The van der Waals surface area contributed by atoms with Crippen LogP contribution in [0.1, 0.15) is 32.1 Å². The lowest BCUT2D eigenvalue weighted by Crippen LogP contribution is -2.54. The number of carbonyl (C=O) groups excluding carboxylic acids is 1. The maximum absolute atomic E-state index is 12.2. The van der Waals surface area contributed by atoms with Gasteiger partial charge in [-0.2, -0.15) is 0 Å². The SMILES string of the molecule is CNC1(C(=O)OC)CCCC1CCN(C)C1CCOC1. The summed E-state index contributed by atoms with van der Waals surface area (Å²) in [7, 11) is 5.52. The number of hydrogen-bond donors (Lipinski definition) is 1. The minimum atomic E-state index is -0.470. The molecular formula is C15H28N2O3. The van der Waals surface area contributed by atoms with E-state index < -0.39 is 5.54 Å². The third kappa shape index (κ3) is 3.00. The van der Waals surface area contributed by atoms with E-state index >= 15 is 0 Å². The van der Waals surface area contributed by atoms with Crippen LogP contribution in [0.3, 0.4) is 0 Å². The van der Waals surface area contributed by atoms with Crippen molar-refractivity contribution in [3.05, 3.63) is 0 Å². The van der Waals surface area contributed by atoms with Gasteiger partial charge < -0.3 is 19.7 Å². The van der Waals surface area contributed by atoms with E-state index in [1.165, 1.54) is 7.11 Å². The van der Waals surface area contributed by atoms with Gasteiger partial charge in [-0.3, -0.25) is 4.79 Å². The van der Waals surface area contributed by atoms with Gasteiger partial charge in [0.2, 0.25) is 0 Å². The van der Waals surface area contributed by atoms with Crippen LogP contribution in [-0.4, -0.2) is 63.4 Å². The predicted molar refractivity (Wildman–Crippen MR) is 77.6 cm³/mol. The van der Waals surface area contributed by atoms with Gasteiger partial charge in [0.25, 0.3) is 0 Å². The van der Waals surface area contributed by atoms with Crippen molar-refractivity contribution in [3.8, 4) is 0 Å². The second kappa shape index (κ2) is 6.87. The quantitative estimate of drug-likeness (QED) is 0.738. The summed E-state index contributed by atoms with van der Waals surface area (Å²) in [5.74, 6) is 0.263. The van der Waals surface area contributed by atoms with Crippen LogP contribution in [0.2, 0.25) is 0 Å². The molecule has 1 aliphatic heterocycles. The molecule has 5 nitrogen and oxygen atoms in total. The molecular weight excluding hydrogens is 256 g/mol. The molecule has 20 heavy (non-hydrogen) atoms.